The van der Waals surface area contributed by atoms with Crippen molar-refractivity contribution in [2.75, 3.05) is 34.4 Å². The molecule has 0 bridgehead atoms. The maximum absolute atomic E-state index is 5.37. The number of ether oxygens (including phenoxy) is 2. The lowest BCUT2D eigenvalue weighted by atomic mass is 9.98. The van der Waals surface area contributed by atoms with E-state index in [1.165, 1.54) is 37.8 Å². The molecule has 21 heavy (non-hydrogen) atoms. The normalized spacial score (nSPS) is 19.5. The number of likely N-dealkylation sites (tertiary alicyclic amines) is 1. The largest absolute Gasteiger partial charge is 0.497 e. The van der Waals surface area contributed by atoms with Gasteiger partial charge in [0.25, 0.3) is 0 Å². The highest BCUT2D eigenvalue weighted by Crippen LogP contribution is 2.26. The van der Waals surface area contributed by atoms with Crippen molar-refractivity contribution in [3.05, 3.63) is 23.8 Å². The standard InChI is InChI=1S/C17H28N2O2/c1-18-8-7-15-6-4-5-9-19(15)13-14-10-16(20-2)12-17(11-14)21-3/h10-12,15,18H,4-9,13H2,1-3H3. The van der Waals surface area contributed by atoms with E-state index in [0.717, 1.165) is 24.6 Å². The van der Waals surface area contributed by atoms with E-state index in [1.807, 2.05) is 13.1 Å². The van der Waals surface area contributed by atoms with Crippen LogP contribution in [0.5, 0.6) is 11.5 Å². The van der Waals surface area contributed by atoms with Gasteiger partial charge in [0.05, 0.1) is 14.2 Å². The number of piperidine rings is 1. The molecule has 1 unspecified atom stereocenters. The van der Waals surface area contributed by atoms with E-state index in [1.54, 1.807) is 14.2 Å². The fourth-order valence-electron chi connectivity index (χ4n) is 3.10. The van der Waals surface area contributed by atoms with Crippen LogP contribution >= 0.6 is 0 Å². The molecule has 118 valence electrons. The lowest BCUT2D eigenvalue weighted by Gasteiger charge is -2.36. The number of hydrogen-bond donors (Lipinski definition) is 1. The molecule has 2 rings (SSSR count). The van der Waals surface area contributed by atoms with Crippen molar-refractivity contribution in [3.63, 3.8) is 0 Å². The highest BCUT2D eigenvalue weighted by molar-refractivity contribution is 5.38. The number of hydrogen-bond acceptors (Lipinski definition) is 4. The first kappa shape index (κ1) is 16.1. The molecule has 4 nitrogen and oxygen atoms in total. The monoisotopic (exact) mass is 292 g/mol. The Balaban J connectivity index is 2.07. The first-order valence-electron chi connectivity index (χ1n) is 7.87. The minimum atomic E-state index is 0.684. The maximum Gasteiger partial charge on any atom is 0.122 e. The number of nitrogens with one attached hydrogen (secondary N) is 1. The summed E-state index contributed by atoms with van der Waals surface area (Å²) in [6.07, 6.45) is 5.18. The van der Waals surface area contributed by atoms with Crippen molar-refractivity contribution in [2.45, 2.75) is 38.3 Å². The molecule has 1 heterocycles. The highest BCUT2D eigenvalue weighted by Gasteiger charge is 2.22. The summed E-state index contributed by atoms with van der Waals surface area (Å²) < 4.78 is 10.7. The molecule has 0 aromatic heterocycles. The van der Waals surface area contributed by atoms with E-state index < -0.39 is 0 Å². The van der Waals surface area contributed by atoms with Crippen molar-refractivity contribution in [1.29, 1.82) is 0 Å². The van der Waals surface area contributed by atoms with Gasteiger partial charge >= 0.3 is 0 Å². The van der Waals surface area contributed by atoms with Crippen molar-refractivity contribution >= 4 is 0 Å². The topological polar surface area (TPSA) is 33.7 Å². The zero-order valence-corrected chi connectivity index (χ0v) is 13.5. The minimum Gasteiger partial charge on any atom is -0.497 e. The summed E-state index contributed by atoms with van der Waals surface area (Å²) in [5, 5.41) is 3.27. The number of benzene rings is 1. The van der Waals surface area contributed by atoms with Crippen LogP contribution in [0.2, 0.25) is 0 Å². The van der Waals surface area contributed by atoms with Crippen molar-refractivity contribution < 1.29 is 9.47 Å². The van der Waals surface area contributed by atoms with Crippen LogP contribution in [0.15, 0.2) is 18.2 Å². The summed E-state index contributed by atoms with van der Waals surface area (Å²) in [7, 11) is 5.43. The van der Waals surface area contributed by atoms with Crippen LogP contribution in [-0.2, 0) is 6.54 Å². The van der Waals surface area contributed by atoms with Crippen LogP contribution in [0.1, 0.15) is 31.2 Å². The summed E-state index contributed by atoms with van der Waals surface area (Å²) in [6.45, 7) is 3.25. The number of methoxy groups -OCH3 is 2. The van der Waals surface area contributed by atoms with Crippen LogP contribution < -0.4 is 14.8 Å². The van der Waals surface area contributed by atoms with Crippen molar-refractivity contribution in [3.8, 4) is 11.5 Å². The molecule has 0 radical (unpaired) electrons. The van der Waals surface area contributed by atoms with Gasteiger partial charge in [-0.2, -0.15) is 0 Å². The lowest BCUT2D eigenvalue weighted by molar-refractivity contribution is 0.132. The van der Waals surface area contributed by atoms with Gasteiger partial charge < -0.3 is 14.8 Å². The van der Waals surface area contributed by atoms with Gasteiger partial charge in [-0.05, 0) is 57.1 Å². The molecule has 1 aromatic rings. The third kappa shape index (κ3) is 4.61. The number of nitrogens with zero attached hydrogens (tertiary/aromatic N) is 1. The fraction of sp³-hybridized carbons (Fsp3) is 0.647. The third-order valence-corrected chi connectivity index (χ3v) is 4.27. The summed E-state index contributed by atoms with van der Waals surface area (Å²) >= 11 is 0. The van der Waals surface area contributed by atoms with E-state index in [9.17, 15) is 0 Å². The second-order valence-electron chi connectivity index (χ2n) is 5.73. The van der Waals surface area contributed by atoms with Crippen molar-refractivity contribution in [2.24, 2.45) is 0 Å². The Morgan fingerprint density at radius 3 is 2.48 bits per heavy atom. The molecule has 1 aliphatic heterocycles. The number of rotatable bonds is 7. The predicted molar refractivity (Wildman–Crippen MR) is 86.1 cm³/mol. The van der Waals surface area contributed by atoms with Gasteiger partial charge in [0.15, 0.2) is 0 Å². The molecular weight excluding hydrogens is 264 g/mol. The Hall–Kier alpha value is -1.26. The fourth-order valence-corrected chi connectivity index (χ4v) is 3.10. The average Bonchev–Trinajstić information content (AvgIpc) is 2.53. The average molecular weight is 292 g/mol. The van der Waals surface area contributed by atoms with Crippen LogP contribution in [0, 0.1) is 0 Å². The van der Waals surface area contributed by atoms with E-state index in [4.69, 9.17) is 9.47 Å². The van der Waals surface area contributed by atoms with Gasteiger partial charge in [0.1, 0.15) is 11.5 Å². The first-order valence-corrected chi connectivity index (χ1v) is 7.87. The molecular formula is C17H28N2O2. The van der Waals surface area contributed by atoms with Gasteiger partial charge in [0.2, 0.25) is 0 Å². The Kier molecular flexibility index (Phi) is 6.33. The molecule has 0 spiro atoms. The summed E-state index contributed by atoms with van der Waals surface area (Å²) in [6, 6.07) is 6.85. The Bertz CT molecular complexity index is 415. The molecule has 1 fully saturated rings. The molecule has 0 amide bonds. The minimum absolute atomic E-state index is 0.684. The SMILES string of the molecule is CNCCC1CCCCN1Cc1cc(OC)cc(OC)c1. The highest BCUT2D eigenvalue weighted by atomic mass is 16.5. The van der Waals surface area contributed by atoms with Gasteiger partial charge in [-0.15, -0.1) is 0 Å². The Morgan fingerprint density at radius 2 is 1.86 bits per heavy atom. The Labute approximate surface area is 128 Å². The Morgan fingerprint density at radius 1 is 1.14 bits per heavy atom. The van der Waals surface area contributed by atoms with Crippen LogP contribution in [0.4, 0.5) is 0 Å². The predicted octanol–water partition coefficient (Wildman–Crippen LogP) is 2.67. The van der Waals surface area contributed by atoms with E-state index >= 15 is 0 Å². The molecule has 0 aliphatic carbocycles. The molecule has 1 N–H and O–H groups in total. The second-order valence-corrected chi connectivity index (χ2v) is 5.73. The van der Waals surface area contributed by atoms with E-state index in [0.29, 0.717) is 6.04 Å². The van der Waals surface area contributed by atoms with Gasteiger partial charge in [0, 0.05) is 18.7 Å². The smallest absolute Gasteiger partial charge is 0.122 e. The second kappa shape index (κ2) is 8.25. The molecule has 1 saturated heterocycles. The van der Waals surface area contributed by atoms with E-state index in [2.05, 4.69) is 22.3 Å². The summed E-state index contributed by atoms with van der Waals surface area (Å²) in [5.41, 5.74) is 1.27. The van der Waals surface area contributed by atoms with Gasteiger partial charge in [-0.3, -0.25) is 4.90 Å². The molecule has 1 aliphatic rings. The lowest BCUT2D eigenvalue weighted by Crippen LogP contribution is -2.40. The zero-order valence-electron chi connectivity index (χ0n) is 13.5. The van der Waals surface area contributed by atoms with E-state index in [-0.39, 0.29) is 0 Å². The molecule has 1 atom stereocenters. The third-order valence-electron chi connectivity index (χ3n) is 4.27. The molecule has 4 heteroatoms. The van der Waals surface area contributed by atoms with Crippen molar-refractivity contribution in [1.82, 2.24) is 10.2 Å². The van der Waals surface area contributed by atoms with Gasteiger partial charge in [-0.1, -0.05) is 6.42 Å². The summed E-state index contributed by atoms with van der Waals surface area (Å²) in [4.78, 5) is 2.61. The molecule has 1 aromatic carbocycles. The summed E-state index contributed by atoms with van der Waals surface area (Å²) in [5.74, 6) is 1.74. The van der Waals surface area contributed by atoms with Gasteiger partial charge in [-0.25, -0.2) is 0 Å². The van der Waals surface area contributed by atoms with Crippen LogP contribution in [0.3, 0.4) is 0 Å². The molecule has 0 saturated carbocycles. The first-order chi connectivity index (χ1) is 10.3. The van der Waals surface area contributed by atoms with Crippen LogP contribution in [-0.4, -0.2) is 45.3 Å². The zero-order chi connectivity index (χ0) is 15.1. The quantitative estimate of drug-likeness (QED) is 0.838. The maximum atomic E-state index is 5.37. The van der Waals surface area contributed by atoms with Crippen LogP contribution in [0.25, 0.3) is 0 Å².